The highest BCUT2D eigenvalue weighted by Crippen LogP contribution is 2.13. The summed E-state index contributed by atoms with van der Waals surface area (Å²) in [4.78, 5) is 4.24. The van der Waals surface area contributed by atoms with Crippen LogP contribution in [0.4, 0.5) is 0 Å². The van der Waals surface area contributed by atoms with Crippen molar-refractivity contribution in [2.24, 2.45) is 5.73 Å². The number of nitrogens with two attached hydrogens (primary N) is 1. The molecule has 1 unspecified atom stereocenters. The molecular weight excluding hydrogens is 198 g/mol. The zero-order chi connectivity index (χ0) is 10.4. The number of rotatable bonds is 6. The Labute approximate surface area is 88.6 Å². The van der Waals surface area contributed by atoms with Crippen LogP contribution in [0.5, 0.6) is 0 Å². The molecule has 0 aliphatic carbocycles. The van der Waals surface area contributed by atoms with Crippen LogP contribution >= 0.6 is 11.8 Å². The summed E-state index contributed by atoms with van der Waals surface area (Å²) < 4.78 is 5.06. The minimum atomic E-state index is -0.0863. The molecule has 80 valence electrons. The van der Waals surface area contributed by atoms with Gasteiger partial charge in [0.05, 0.1) is 6.04 Å². The fourth-order valence-electron chi connectivity index (χ4n) is 1.11. The third-order valence-corrected chi connectivity index (χ3v) is 2.56. The average molecular weight is 215 g/mol. The van der Waals surface area contributed by atoms with Gasteiger partial charge in [0.1, 0.15) is 0 Å². The van der Waals surface area contributed by atoms with Gasteiger partial charge in [-0.25, -0.2) is 0 Å². The summed E-state index contributed by atoms with van der Waals surface area (Å²) >= 11 is 1.78. The summed E-state index contributed by atoms with van der Waals surface area (Å²) in [5.74, 6) is 2.36. The van der Waals surface area contributed by atoms with Crippen molar-refractivity contribution >= 4 is 11.8 Å². The monoisotopic (exact) mass is 215 g/mol. The van der Waals surface area contributed by atoms with Crippen LogP contribution in [0.15, 0.2) is 4.52 Å². The van der Waals surface area contributed by atoms with E-state index in [0.29, 0.717) is 11.7 Å². The number of hydrogen-bond acceptors (Lipinski definition) is 5. The topological polar surface area (TPSA) is 64.9 Å². The van der Waals surface area contributed by atoms with Crippen LogP contribution in [-0.4, -0.2) is 22.1 Å². The third kappa shape index (κ3) is 3.31. The molecule has 1 aromatic rings. The summed E-state index contributed by atoms with van der Waals surface area (Å²) in [6.45, 7) is 2.08. The van der Waals surface area contributed by atoms with E-state index in [2.05, 4.69) is 23.3 Å². The number of hydrogen-bond donors (Lipinski definition) is 1. The van der Waals surface area contributed by atoms with Gasteiger partial charge < -0.3 is 10.3 Å². The summed E-state index contributed by atoms with van der Waals surface area (Å²) in [6.07, 6.45) is 4.81. The van der Waals surface area contributed by atoms with Crippen molar-refractivity contribution in [3.63, 3.8) is 0 Å². The lowest BCUT2D eigenvalue weighted by Crippen LogP contribution is -2.12. The van der Waals surface area contributed by atoms with E-state index in [1.54, 1.807) is 11.8 Å². The van der Waals surface area contributed by atoms with E-state index in [-0.39, 0.29) is 6.04 Å². The lowest BCUT2D eigenvalue weighted by molar-refractivity contribution is 0.368. The van der Waals surface area contributed by atoms with Gasteiger partial charge in [-0.1, -0.05) is 12.1 Å². The Kier molecular flexibility index (Phi) is 4.97. The van der Waals surface area contributed by atoms with Crippen LogP contribution < -0.4 is 5.73 Å². The van der Waals surface area contributed by atoms with Crippen molar-refractivity contribution in [3.05, 3.63) is 11.7 Å². The molecule has 1 rings (SSSR count). The van der Waals surface area contributed by atoms with Gasteiger partial charge in [0.25, 0.3) is 0 Å². The molecule has 1 heterocycles. The summed E-state index contributed by atoms with van der Waals surface area (Å²) in [6, 6.07) is -0.0863. The van der Waals surface area contributed by atoms with Gasteiger partial charge in [-0.3, -0.25) is 0 Å². The van der Waals surface area contributed by atoms with Crippen LogP contribution in [0.3, 0.4) is 0 Å². The van der Waals surface area contributed by atoms with E-state index in [0.717, 1.165) is 25.0 Å². The predicted octanol–water partition coefficient (Wildman–Crippen LogP) is 1.77. The maximum Gasteiger partial charge on any atom is 0.226 e. The number of aromatic nitrogens is 2. The molecule has 0 aromatic carbocycles. The maximum absolute atomic E-state index is 5.89. The highest BCUT2D eigenvalue weighted by molar-refractivity contribution is 7.98. The van der Waals surface area contributed by atoms with E-state index in [1.807, 2.05) is 0 Å². The second kappa shape index (κ2) is 6.03. The predicted molar refractivity (Wildman–Crippen MR) is 58.2 cm³/mol. The molecule has 0 aliphatic heterocycles. The fourth-order valence-corrected chi connectivity index (χ4v) is 1.60. The van der Waals surface area contributed by atoms with Crippen molar-refractivity contribution in [1.82, 2.24) is 10.1 Å². The number of aryl methyl sites for hydroxylation is 1. The van der Waals surface area contributed by atoms with Crippen LogP contribution in [0.25, 0.3) is 0 Å². The molecule has 0 spiro atoms. The number of thioether (sulfide) groups is 1. The highest BCUT2D eigenvalue weighted by atomic mass is 32.2. The number of nitrogens with zero attached hydrogens (tertiary/aromatic N) is 2. The molecule has 5 heteroatoms. The van der Waals surface area contributed by atoms with E-state index in [9.17, 15) is 0 Å². The van der Waals surface area contributed by atoms with Crippen LogP contribution in [-0.2, 0) is 6.42 Å². The van der Waals surface area contributed by atoms with Crippen molar-refractivity contribution in [2.75, 3.05) is 12.0 Å². The Balaban J connectivity index is 2.48. The Hall–Kier alpha value is -0.550. The van der Waals surface area contributed by atoms with Gasteiger partial charge in [-0.2, -0.15) is 16.7 Å². The van der Waals surface area contributed by atoms with E-state index in [4.69, 9.17) is 10.3 Å². The zero-order valence-corrected chi connectivity index (χ0v) is 9.51. The highest BCUT2D eigenvalue weighted by Gasteiger charge is 2.12. The normalized spacial score (nSPS) is 13.1. The Morgan fingerprint density at radius 1 is 1.57 bits per heavy atom. The zero-order valence-electron chi connectivity index (χ0n) is 8.69. The van der Waals surface area contributed by atoms with Gasteiger partial charge in [0, 0.05) is 6.42 Å². The average Bonchev–Trinajstić information content (AvgIpc) is 2.63. The fraction of sp³-hybridized carbons (Fsp3) is 0.778. The van der Waals surface area contributed by atoms with Gasteiger partial charge in [0.2, 0.25) is 5.89 Å². The molecule has 0 bridgehead atoms. The molecule has 0 saturated heterocycles. The van der Waals surface area contributed by atoms with Crippen LogP contribution in [0.1, 0.15) is 37.5 Å². The van der Waals surface area contributed by atoms with E-state index < -0.39 is 0 Å². The standard InChI is InChI=1S/C9H17N3OS/c1-3-4-8-11-9(12-13-8)7(10)5-6-14-2/h7H,3-6,10H2,1-2H3. The molecule has 14 heavy (non-hydrogen) atoms. The Morgan fingerprint density at radius 2 is 2.36 bits per heavy atom. The molecule has 1 aromatic heterocycles. The molecule has 0 aliphatic rings. The molecule has 0 fully saturated rings. The first-order valence-electron chi connectivity index (χ1n) is 4.85. The molecule has 0 radical (unpaired) electrons. The van der Waals surface area contributed by atoms with Gasteiger partial charge >= 0.3 is 0 Å². The summed E-state index contributed by atoms with van der Waals surface area (Å²) in [5, 5.41) is 3.87. The van der Waals surface area contributed by atoms with Crippen LogP contribution in [0, 0.1) is 0 Å². The summed E-state index contributed by atoms with van der Waals surface area (Å²) in [5.41, 5.74) is 5.89. The second-order valence-corrected chi connectivity index (χ2v) is 4.17. The van der Waals surface area contributed by atoms with Crippen molar-refractivity contribution in [2.45, 2.75) is 32.2 Å². The van der Waals surface area contributed by atoms with Crippen molar-refractivity contribution < 1.29 is 4.52 Å². The molecule has 0 saturated carbocycles. The van der Waals surface area contributed by atoms with Gasteiger partial charge in [0.15, 0.2) is 5.82 Å². The van der Waals surface area contributed by atoms with E-state index in [1.165, 1.54) is 0 Å². The minimum absolute atomic E-state index is 0.0863. The molecule has 2 N–H and O–H groups in total. The molecule has 1 atom stereocenters. The first-order chi connectivity index (χ1) is 6.77. The largest absolute Gasteiger partial charge is 0.339 e. The van der Waals surface area contributed by atoms with Gasteiger partial charge in [-0.05, 0) is 24.9 Å². The van der Waals surface area contributed by atoms with Crippen LogP contribution in [0.2, 0.25) is 0 Å². The van der Waals surface area contributed by atoms with E-state index >= 15 is 0 Å². The van der Waals surface area contributed by atoms with Crippen molar-refractivity contribution in [3.8, 4) is 0 Å². The molecular formula is C9H17N3OS. The maximum atomic E-state index is 5.89. The summed E-state index contributed by atoms with van der Waals surface area (Å²) in [7, 11) is 0. The second-order valence-electron chi connectivity index (χ2n) is 3.18. The Morgan fingerprint density at radius 3 is 3.00 bits per heavy atom. The minimum Gasteiger partial charge on any atom is -0.339 e. The lowest BCUT2D eigenvalue weighted by atomic mass is 10.2. The van der Waals surface area contributed by atoms with Crippen molar-refractivity contribution in [1.29, 1.82) is 0 Å². The SMILES string of the molecule is CCCc1nc(C(N)CCSC)no1. The van der Waals surface area contributed by atoms with Gasteiger partial charge in [-0.15, -0.1) is 0 Å². The Bertz CT molecular complexity index is 264. The smallest absolute Gasteiger partial charge is 0.226 e. The quantitative estimate of drug-likeness (QED) is 0.783. The molecule has 4 nitrogen and oxygen atoms in total. The first-order valence-corrected chi connectivity index (χ1v) is 6.24. The molecule has 0 amide bonds. The first kappa shape index (κ1) is 11.5. The third-order valence-electron chi connectivity index (χ3n) is 1.91. The lowest BCUT2D eigenvalue weighted by Gasteiger charge is -2.03.